The van der Waals surface area contributed by atoms with Gasteiger partial charge in [0.1, 0.15) is 12.3 Å². The van der Waals surface area contributed by atoms with Gasteiger partial charge in [0, 0.05) is 24.3 Å². The minimum atomic E-state index is -0.417. The van der Waals surface area contributed by atoms with E-state index < -0.39 is 6.04 Å². The number of unbranched alkanes of at least 4 members (excludes halogenated alkanes) is 1. The molecule has 2 heterocycles. The van der Waals surface area contributed by atoms with Gasteiger partial charge in [0.25, 0.3) is 0 Å². The van der Waals surface area contributed by atoms with E-state index in [4.69, 9.17) is 4.74 Å². The van der Waals surface area contributed by atoms with Gasteiger partial charge < -0.3 is 19.9 Å². The lowest BCUT2D eigenvalue weighted by Crippen LogP contribution is -2.52. The summed E-state index contributed by atoms with van der Waals surface area (Å²) in [6.45, 7) is 12.8. The second kappa shape index (κ2) is 14.8. The SMILES string of the molecule is CCCCN1C(=O)N(CC(=O)Nc2c(C)cc(C)cc2C)C(c2cccc(OCCCN3CCCCC3)c2)c2ccccc21. The molecule has 0 aliphatic carbocycles. The number of urea groups is 1. The molecule has 5 rings (SSSR count). The van der Waals surface area contributed by atoms with Crippen molar-refractivity contribution in [3.63, 3.8) is 0 Å². The Bertz CT molecular complexity index is 1430. The van der Waals surface area contributed by atoms with Crippen LogP contribution in [0.5, 0.6) is 5.75 Å². The molecule has 0 bridgehead atoms. The number of aryl methyl sites for hydroxylation is 3. The van der Waals surface area contributed by atoms with Gasteiger partial charge in [-0.1, -0.05) is 67.8 Å². The number of anilines is 2. The monoisotopic (exact) mass is 596 g/mol. The Morgan fingerprint density at radius 3 is 2.41 bits per heavy atom. The summed E-state index contributed by atoms with van der Waals surface area (Å²) in [4.78, 5) is 34.0. The van der Waals surface area contributed by atoms with E-state index in [9.17, 15) is 9.59 Å². The molecule has 0 aromatic heterocycles. The Labute approximate surface area is 263 Å². The van der Waals surface area contributed by atoms with Crippen molar-refractivity contribution in [2.24, 2.45) is 0 Å². The third-order valence-corrected chi connectivity index (χ3v) is 8.81. The van der Waals surface area contributed by atoms with Gasteiger partial charge in [-0.2, -0.15) is 0 Å². The minimum Gasteiger partial charge on any atom is -0.494 e. The fourth-order valence-corrected chi connectivity index (χ4v) is 6.70. The highest BCUT2D eigenvalue weighted by atomic mass is 16.5. The van der Waals surface area contributed by atoms with E-state index in [0.29, 0.717) is 13.2 Å². The molecule has 3 aromatic rings. The molecule has 7 heteroatoms. The maximum Gasteiger partial charge on any atom is 0.325 e. The van der Waals surface area contributed by atoms with Crippen LogP contribution >= 0.6 is 0 Å². The second-order valence-electron chi connectivity index (χ2n) is 12.4. The van der Waals surface area contributed by atoms with Gasteiger partial charge in [0.2, 0.25) is 5.91 Å². The van der Waals surface area contributed by atoms with Gasteiger partial charge in [0.15, 0.2) is 0 Å². The lowest BCUT2D eigenvalue weighted by atomic mass is 9.92. The molecule has 1 fully saturated rings. The van der Waals surface area contributed by atoms with Crippen molar-refractivity contribution in [3.8, 4) is 5.75 Å². The lowest BCUT2D eigenvalue weighted by molar-refractivity contribution is -0.117. The fourth-order valence-electron chi connectivity index (χ4n) is 6.70. The largest absolute Gasteiger partial charge is 0.494 e. The van der Waals surface area contributed by atoms with Gasteiger partial charge in [-0.15, -0.1) is 0 Å². The predicted molar refractivity (Wildman–Crippen MR) is 179 cm³/mol. The molecule has 1 saturated heterocycles. The van der Waals surface area contributed by atoms with E-state index in [1.807, 2.05) is 61.2 Å². The van der Waals surface area contributed by atoms with Crippen LogP contribution < -0.4 is 15.0 Å². The van der Waals surface area contributed by atoms with Crippen LogP contribution in [0.15, 0.2) is 60.7 Å². The molecule has 0 radical (unpaired) electrons. The van der Waals surface area contributed by atoms with Crippen LogP contribution in [0, 0.1) is 20.8 Å². The maximum absolute atomic E-state index is 14.2. The van der Waals surface area contributed by atoms with Crippen LogP contribution in [0.2, 0.25) is 0 Å². The number of fused-ring (bicyclic) bond motifs is 1. The number of piperidine rings is 1. The van der Waals surface area contributed by atoms with Crippen LogP contribution in [-0.4, -0.2) is 61.1 Å². The first kappa shape index (κ1) is 31.6. The van der Waals surface area contributed by atoms with Crippen molar-refractivity contribution in [2.75, 3.05) is 49.5 Å². The third kappa shape index (κ3) is 7.44. The van der Waals surface area contributed by atoms with Gasteiger partial charge in [-0.05, 0) is 94.4 Å². The van der Waals surface area contributed by atoms with E-state index in [-0.39, 0.29) is 18.5 Å². The van der Waals surface area contributed by atoms with Crippen molar-refractivity contribution < 1.29 is 14.3 Å². The summed E-state index contributed by atoms with van der Waals surface area (Å²) in [5.74, 6) is 0.577. The Balaban J connectivity index is 1.40. The van der Waals surface area contributed by atoms with E-state index in [1.165, 1.54) is 32.4 Å². The van der Waals surface area contributed by atoms with Gasteiger partial charge in [-0.25, -0.2) is 4.79 Å². The Morgan fingerprint density at radius 1 is 0.909 bits per heavy atom. The fraction of sp³-hybridized carbons (Fsp3) is 0.459. The number of nitrogens with one attached hydrogen (secondary N) is 1. The Hall–Kier alpha value is -3.84. The maximum atomic E-state index is 14.2. The first-order valence-corrected chi connectivity index (χ1v) is 16.4. The van der Waals surface area contributed by atoms with Crippen LogP contribution in [0.1, 0.15) is 79.3 Å². The molecule has 0 saturated carbocycles. The molecular weight excluding hydrogens is 548 g/mol. The topological polar surface area (TPSA) is 65.1 Å². The number of para-hydroxylation sites is 1. The zero-order valence-corrected chi connectivity index (χ0v) is 26.9. The van der Waals surface area contributed by atoms with Crippen molar-refractivity contribution in [2.45, 2.75) is 72.3 Å². The number of amides is 3. The highest BCUT2D eigenvalue weighted by Gasteiger charge is 2.39. The highest BCUT2D eigenvalue weighted by molar-refractivity contribution is 6.01. The third-order valence-electron chi connectivity index (χ3n) is 8.81. The number of carbonyl (C=O) groups is 2. The number of likely N-dealkylation sites (tertiary alicyclic amines) is 1. The van der Waals surface area contributed by atoms with Gasteiger partial charge in [0.05, 0.1) is 18.3 Å². The number of nitrogens with zero attached hydrogens (tertiary/aromatic N) is 3. The smallest absolute Gasteiger partial charge is 0.325 e. The highest BCUT2D eigenvalue weighted by Crippen LogP contribution is 2.41. The molecule has 1 N–H and O–H groups in total. The summed E-state index contributed by atoms with van der Waals surface area (Å²) in [6.07, 6.45) is 6.75. The van der Waals surface area contributed by atoms with Crippen LogP contribution in [0.25, 0.3) is 0 Å². The summed E-state index contributed by atoms with van der Waals surface area (Å²) in [5.41, 5.74) is 6.84. The van der Waals surface area contributed by atoms with Crippen LogP contribution in [0.3, 0.4) is 0 Å². The quantitative estimate of drug-likeness (QED) is 0.218. The van der Waals surface area contributed by atoms with E-state index in [1.54, 1.807) is 4.90 Å². The summed E-state index contributed by atoms with van der Waals surface area (Å²) in [5, 5.41) is 3.12. The minimum absolute atomic E-state index is 0.0614. The number of hydrogen-bond donors (Lipinski definition) is 1. The summed E-state index contributed by atoms with van der Waals surface area (Å²) >= 11 is 0. The Kier molecular flexibility index (Phi) is 10.6. The number of carbonyl (C=O) groups excluding carboxylic acids is 2. The molecule has 3 aromatic carbocycles. The molecule has 44 heavy (non-hydrogen) atoms. The second-order valence-corrected chi connectivity index (χ2v) is 12.4. The Morgan fingerprint density at radius 2 is 1.66 bits per heavy atom. The number of ether oxygens (including phenoxy) is 1. The normalized spacial score (nSPS) is 17.0. The molecule has 3 amide bonds. The predicted octanol–water partition coefficient (Wildman–Crippen LogP) is 7.64. The molecule has 7 nitrogen and oxygen atoms in total. The first-order chi connectivity index (χ1) is 21.4. The van der Waals surface area contributed by atoms with Gasteiger partial charge >= 0.3 is 6.03 Å². The molecule has 2 aliphatic rings. The summed E-state index contributed by atoms with van der Waals surface area (Å²) < 4.78 is 6.23. The van der Waals surface area contributed by atoms with Gasteiger partial charge in [-0.3, -0.25) is 9.69 Å². The summed E-state index contributed by atoms with van der Waals surface area (Å²) in [6, 6.07) is 19.7. The first-order valence-electron chi connectivity index (χ1n) is 16.4. The molecule has 234 valence electrons. The standard InChI is InChI=1S/C37H48N4O3/c1-5-6-21-40-33-17-9-8-16-32(33)36(30-14-12-15-31(25-30)44-22-13-20-39-18-10-7-11-19-39)41(37(40)43)26-34(42)38-35-28(3)23-27(2)24-29(35)4/h8-9,12,14-17,23-25,36H,5-7,10-11,13,18-22,26H2,1-4H3,(H,38,42). The number of hydrogen-bond acceptors (Lipinski definition) is 4. The zero-order valence-electron chi connectivity index (χ0n) is 26.9. The van der Waals surface area contributed by atoms with E-state index in [2.05, 4.69) is 42.3 Å². The van der Waals surface area contributed by atoms with Crippen molar-refractivity contribution >= 4 is 23.3 Å². The molecule has 0 spiro atoms. The lowest BCUT2D eigenvalue weighted by Gasteiger charge is -2.42. The van der Waals surface area contributed by atoms with Crippen molar-refractivity contribution in [1.29, 1.82) is 0 Å². The van der Waals surface area contributed by atoms with Crippen molar-refractivity contribution in [1.82, 2.24) is 9.80 Å². The number of rotatable bonds is 12. The summed E-state index contributed by atoms with van der Waals surface area (Å²) in [7, 11) is 0. The molecule has 2 aliphatic heterocycles. The average Bonchev–Trinajstić information content (AvgIpc) is 3.02. The van der Waals surface area contributed by atoms with Crippen molar-refractivity contribution in [3.05, 3.63) is 88.5 Å². The molecule has 1 atom stereocenters. The van der Waals surface area contributed by atoms with E-state index >= 15 is 0 Å². The zero-order chi connectivity index (χ0) is 31.1. The molecular formula is C37H48N4O3. The average molecular weight is 597 g/mol. The van der Waals surface area contributed by atoms with E-state index in [0.717, 1.165) is 70.7 Å². The molecule has 1 unspecified atom stereocenters. The van der Waals surface area contributed by atoms with Crippen LogP contribution in [0.4, 0.5) is 16.2 Å². The van der Waals surface area contributed by atoms with Crippen LogP contribution in [-0.2, 0) is 4.79 Å². The number of benzene rings is 3.